The topological polar surface area (TPSA) is 307 Å². The number of amides is 1. The molecule has 3 aliphatic rings. The molecular weight excluding hydrogens is 1030 g/mol. The molecule has 0 aromatic rings. The van der Waals surface area contributed by atoms with E-state index in [4.69, 9.17) is 28.4 Å². The van der Waals surface area contributed by atoms with Crippen molar-refractivity contribution in [1.82, 2.24) is 5.32 Å². The molecule has 19 heteroatoms. The van der Waals surface area contributed by atoms with E-state index in [9.17, 15) is 61.0 Å². The van der Waals surface area contributed by atoms with E-state index in [2.05, 4.69) is 31.3 Å². The van der Waals surface area contributed by atoms with Crippen LogP contribution in [-0.4, -0.2) is 193 Å². The number of rotatable bonds is 48. The molecule has 80 heavy (non-hydrogen) atoms. The lowest BCUT2D eigenvalue weighted by Gasteiger charge is -2.48. The molecule has 19 nitrogen and oxygen atoms in total. The van der Waals surface area contributed by atoms with Crippen molar-refractivity contribution in [3.8, 4) is 0 Å². The molecule has 3 saturated heterocycles. The first-order valence-electron chi connectivity index (χ1n) is 31.9. The Morgan fingerprint density at radius 3 is 1.21 bits per heavy atom. The van der Waals surface area contributed by atoms with Crippen LogP contribution in [0.3, 0.4) is 0 Å². The predicted octanol–water partition coefficient (Wildman–Crippen LogP) is 6.55. The minimum Gasteiger partial charge on any atom is -0.394 e. The molecule has 472 valence electrons. The van der Waals surface area contributed by atoms with Gasteiger partial charge < -0.3 is 89.9 Å². The number of hydrogen-bond acceptors (Lipinski definition) is 18. The highest BCUT2D eigenvalue weighted by atomic mass is 16.8. The van der Waals surface area contributed by atoms with Gasteiger partial charge in [-0.2, -0.15) is 0 Å². The molecule has 0 bridgehead atoms. The van der Waals surface area contributed by atoms with Crippen molar-refractivity contribution >= 4 is 5.91 Å². The molecular formula is C61H115NO18. The summed E-state index contributed by atoms with van der Waals surface area (Å²) < 4.78 is 34.1. The number of nitrogens with one attached hydrogen (secondary N) is 1. The average Bonchev–Trinajstić information content (AvgIpc) is 3.58. The first-order valence-corrected chi connectivity index (χ1v) is 31.9. The van der Waals surface area contributed by atoms with Gasteiger partial charge in [0.2, 0.25) is 5.91 Å². The van der Waals surface area contributed by atoms with E-state index in [0.29, 0.717) is 19.3 Å². The van der Waals surface area contributed by atoms with Crippen molar-refractivity contribution in [3.05, 3.63) is 12.2 Å². The number of unbranched alkanes of at least 4 members (excludes halogenated alkanes) is 30. The molecule has 0 spiro atoms. The van der Waals surface area contributed by atoms with Crippen molar-refractivity contribution < 1.29 is 89.4 Å². The second-order valence-electron chi connectivity index (χ2n) is 23.2. The number of allylic oxidation sites excluding steroid dienone is 2. The van der Waals surface area contributed by atoms with Crippen LogP contribution >= 0.6 is 0 Å². The Kier molecular flexibility index (Phi) is 40.9. The van der Waals surface area contributed by atoms with Gasteiger partial charge in [-0.05, 0) is 38.5 Å². The number of aliphatic hydroxyl groups is 11. The second kappa shape index (κ2) is 44.9. The lowest BCUT2D eigenvalue weighted by molar-refractivity contribution is -0.379. The largest absolute Gasteiger partial charge is 0.394 e. The van der Waals surface area contributed by atoms with E-state index in [0.717, 1.165) is 38.5 Å². The van der Waals surface area contributed by atoms with E-state index >= 15 is 0 Å². The van der Waals surface area contributed by atoms with E-state index in [1.165, 1.54) is 161 Å². The Morgan fingerprint density at radius 1 is 0.438 bits per heavy atom. The Bertz CT molecular complexity index is 1510. The number of carbonyl (C=O) groups is 1. The molecule has 0 saturated carbocycles. The third-order valence-corrected chi connectivity index (χ3v) is 16.3. The molecule has 12 N–H and O–H groups in total. The molecule has 3 aliphatic heterocycles. The van der Waals surface area contributed by atoms with Crippen LogP contribution in [0.4, 0.5) is 0 Å². The van der Waals surface area contributed by atoms with Gasteiger partial charge in [0.05, 0.1) is 38.6 Å². The quantitative estimate of drug-likeness (QED) is 0.0227. The highest BCUT2D eigenvalue weighted by molar-refractivity contribution is 5.76. The van der Waals surface area contributed by atoms with E-state index in [1.54, 1.807) is 0 Å². The van der Waals surface area contributed by atoms with Gasteiger partial charge in [0.25, 0.3) is 0 Å². The molecule has 0 radical (unpaired) electrons. The van der Waals surface area contributed by atoms with Crippen molar-refractivity contribution in [2.24, 2.45) is 0 Å². The van der Waals surface area contributed by atoms with E-state index < -0.39 is 124 Å². The highest BCUT2D eigenvalue weighted by Gasteiger charge is 2.53. The van der Waals surface area contributed by atoms with Crippen LogP contribution in [0, 0.1) is 0 Å². The summed E-state index contributed by atoms with van der Waals surface area (Å²) in [5, 5.41) is 119. The van der Waals surface area contributed by atoms with Crippen LogP contribution in [0.25, 0.3) is 0 Å². The van der Waals surface area contributed by atoms with Gasteiger partial charge in [0, 0.05) is 6.42 Å². The zero-order valence-corrected chi connectivity index (χ0v) is 49.3. The molecule has 0 aliphatic carbocycles. The highest BCUT2D eigenvalue weighted by Crippen LogP contribution is 2.33. The maximum absolute atomic E-state index is 13.2. The van der Waals surface area contributed by atoms with Crippen LogP contribution < -0.4 is 5.32 Å². The standard InChI is InChI=1S/C61H115NO18/c1-3-5-7-9-10-11-12-13-14-15-16-17-18-19-20-21-22-23-24-25-26-27-28-29-30-31-32-33-34-35-37-39-49(67)62-44(45(66)38-36-8-6-4-2)43-75-59-55(73)52(70)57(47(41-64)77-59)80-61-56(74)53(71)58(48(42-65)78-61)79-60-54(72)51(69)50(68)46(40-63)76-60/h15-16,44-48,50-61,63-66,68-74H,3-14,17-43H2,1-2H3,(H,62,67)/b16-15-. The molecule has 1 amide bonds. The summed E-state index contributed by atoms with van der Waals surface area (Å²) in [5.41, 5.74) is 0. The summed E-state index contributed by atoms with van der Waals surface area (Å²) in [5.74, 6) is -0.248. The molecule has 17 atom stereocenters. The van der Waals surface area contributed by atoms with Gasteiger partial charge in [-0.15, -0.1) is 0 Å². The molecule has 0 aromatic heterocycles. The number of ether oxygens (including phenoxy) is 6. The van der Waals surface area contributed by atoms with Crippen LogP contribution in [0.1, 0.15) is 239 Å². The lowest BCUT2D eigenvalue weighted by Crippen LogP contribution is -2.66. The third kappa shape index (κ3) is 28.2. The van der Waals surface area contributed by atoms with E-state index in [-0.39, 0.29) is 18.9 Å². The zero-order valence-electron chi connectivity index (χ0n) is 49.3. The van der Waals surface area contributed by atoms with Crippen LogP contribution in [0.15, 0.2) is 12.2 Å². The van der Waals surface area contributed by atoms with E-state index in [1.807, 2.05) is 0 Å². The van der Waals surface area contributed by atoms with Gasteiger partial charge in [0.15, 0.2) is 18.9 Å². The van der Waals surface area contributed by atoms with Crippen molar-refractivity contribution in [2.45, 2.75) is 343 Å². The Labute approximate surface area is 480 Å². The summed E-state index contributed by atoms with van der Waals surface area (Å²) in [4.78, 5) is 13.2. The number of hydrogen-bond donors (Lipinski definition) is 12. The summed E-state index contributed by atoms with van der Waals surface area (Å²) in [7, 11) is 0. The summed E-state index contributed by atoms with van der Waals surface area (Å²) >= 11 is 0. The maximum atomic E-state index is 13.2. The molecule has 0 aromatic carbocycles. The fourth-order valence-electron chi connectivity index (χ4n) is 11.1. The van der Waals surface area contributed by atoms with Gasteiger partial charge >= 0.3 is 0 Å². The third-order valence-electron chi connectivity index (χ3n) is 16.3. The van der Waals surface area contributed by atoms with Crippen molar-refractivity contribution in [1.29, 1.82) is 0 Å². The SMILES string of the molecule is CCCCCCCCCC/C=C\CCCCCCCCCCCCCCCCCCCCCC(=O)NC(COC1OC(CO)C(OC2OC(CO)C(OC3OC(CO)C(O)C(O)C3O)C(O)C2O)C(O)C1O)C(O)CCCCCC. The second-order valence-corrected chi connectivity index (χ2v) is 23.2. The summed E-state index contributed by atoms with van der Waals surface area (Å²) in [6, 6.07) is -0.879. The van der Waals surface area contributed by atoms with Crippen molar-refractivity contribution in [3.63, 3.8) is 0 Å². The zero-order chi connectivity index (χ0) is 58.3. The van der Waals surface area contributed by atoms with Gasteiger partial charge in [-0.25, -0.2) is 0 Å². The molecule has 17 unspecified atom stereocenters. The first-order chi connectivity index (χ1) is 38.8. The lowest BCUT2D eigenvalue weighted by atomic mass is 9.96. The average molecular weight is 1150 g/mol. The van der Waals surface area contributed by atoms with Gasteiger partial charge in [0.1, 0.15) is 73.2 Å². The summed E-state index contributed by atoms with van der Waals surface area (Å²) in [6.45, 7) is 1.66. The maximum Gasteiger partial charge on any atom is 0.220 e. The molecule has 3 fully saturated rings. The van der Waals surface area contributed by atoms with Crippen LogP contribution in [-0.2, 0) is 33.2 Å². The fraction of sp³-hybridized carbons (Fsp3) is 0.951. The van der Waals surface area contributed by atoms with Crippen molar-refractivity contribution in [2.75, 3.05) is 26.4 Å². The van der Waals surface area contributed by atoms with Crippen LogP contribution in [0.2, 0.25) is 0 Å². The van der Waals surface area contributed by atoms with Crippen LogP contribution in [0.5, 0.6) is 0 Å². The Morgan fingerprint density at radius 2 is 0.787 bits per heavy atom. The minimum atomic E-state index is -1.97. The first kappa shape index (κ1) is 72.8. The predicted molar refractivity (Wildman–Crippen MR) is 305 cm³/mol. The normalized spacial score (nSPS) is 30.0. The van der Waals surface area contributed by atoms with Gasteiger partial charge in [-0.1, -0.05) is 206 Å². The smallest absolute Gasteiger partial charge is 0.220 e. The Hall–Kier alpha value is -1.47. The fourth-order valence-corrected chi connectivity index (χ4v) is 11.1. The number of aliphatic hydroxyl groups excluding tert-OH is 11. The molecule has 3 heterocycles. The minimum absolute atomic E-state index is 0.248. The summed E-state index contributed by atoms with van der Waals surface area (Å²) in [6.07, 6.45) is 20.0. The Balaban J connectivity index is 1.28. The van der Waals surface area contributed by atoms with Gasteiger partial charge in [-0.3, -0.25) is 4.79 Å². The number of carbonyl (C=O) groups excluding carboxylic acids is 1. The monoisotopic (exact) mass is 1150 g/mol. The molecule has 3 rings (SSSR count).